The summed E-state index contributed by atoms with van der Waals surface area (Å²) in [5.74, 6) is -4.07. The molecule has 18 heavy (non-hydrogen) atoms. The standard InChI is InChI=1S/C10H15NO7/c1-2-18-9(15)4-3-7(12)11-6(10(16)17)5-8(13)14/h6H,2-5H2,1H3,(H,11,12)(H,13,14)(H,16,17)/t6-/m0/s1. The zero-order valence-corrected chi connectivity index (χ0v) is 9.84. The summed E-state index contributed by atoms with van der Waals surface area (Å²) in [6.45, 7) is 1.81. The van der Waals surface area contributed by atoms with E-state index in [0.717, 1.165) is 0 Å². The van der Waals surface area contributed by atoms with E-state index in [-0.39, 0.29) is 19.4 Å². The summed E-state index contributed by atoms with van der Waals surface area (Å²) in [7, 11) is 0. The summed E-state index contributed by atoms with van der Waals surface area (Å²) in [5.41, 5.74) is 0. The van der Waals surface area contributed by atoms with Gasteiger partial charge in [0.2, 0.25) is 5.91 Å². The molecule has 0 aliphatic carbocycles. The van der Waals surface area contributed by atoms with Gasteiger partial charge < -0.3 is 20.3 Å². The lowest BCUT2D eigenvalue weighted by molar-refractivity contribution is -0.148. The number of rotatable bonds is 8. The quantitative estimate of drug-likeness (QED) is 0.496. The molecular weight excluding hydrogens is 246 g/mol. The molecule has 0 aromatic carbocycles. The molecule has 0 unspecified atom stereocenters. The van der Waals surface area contributed by atoms with E-state index < -0.39 is 36.3 Å². The number of esters is 1. The van der Waals surface area contributed by atoms with Gasteiger partial charge in [0, 0.05) is 6.42 Å². The van der Waals surface area contributed by atoms with Crippen LogP contribution < -0.4 is 5.32 Å². The summed E-state index contributed by atoms with van der Waals surface area (Å²) in [5, 5.41) is 19.1. The third-order valence-corrected chi connectivity index (χ3v) is 1.87. The van der Waals surface area contributed by atoms with E-state index in [0.29, 0.717) is 0 Å². The minimum atomic E-state index is -1.50. The third-order valence-electron chi connectivity index (χ3n) is 1.87. The average Bonchev–Trinajstić information content (AvgIpc) is 2.25. The van der Waals surface area contributed by atoms with Gasteiger partial charge in [0.1, 0.15) is 6.04 Å². The first-order valence-corrected chi connectivity index (χ1v) is 5.26. The zero-order chi connectivity index (χ0) is 14.1. The number of carboxylic acid groups (broad SMARTS) is 2. The molecule has 0 bridgehead atoms. The Morgan fingerprint density at radius 3 is 2.22 bits per heavy atom. The molecule has 0 saturated heterocycles. The second kappa shape index (κ2) is 8.04. The van der Waals surface area contributed by atoms with Crippen molar-refractivity contribution in [1.29, 1.82) is 0 Å². The Kier molecular flexibility index (Phi) is 7.10. The van der Waals surface area contributed by atoms with Crippen molar-refractivity contribution in [3.05, 3.63) is 0 Å². The van der Waals surface area contributed by atoms with Crippen LogP contribution in [0.25, 0.3) is 0 Å². The smallest absolute Gasteiger partial charge is 0.326 e. The van der Waals surface area contributed by atoms with Crippen LogP contribution in [0.5, 0.6) is 0 Å². The average molecular weight is 261 g/mol. The topological polar surface area (TPSA) is 130 Å². The molecule has 3 N–H and O–H groups in total. The number of amides is 1. The van der Waals surface area contributed by atoms with E-state index in [1.807, 2.05) is 5.32 Å². The lowest BCUT2D eigenvalue weighted by Gasteiger charge is -2.11. The maximum atomic E-state index is 11.3. The number of hydrogen-bond acceptors (Lipinski definition) is 5. The molecule has 0 aliphatic heterocycles. The van der Waals surface area contributed by atoms with Gasteiger partial charge in [-0.2, -0.15) is 0 Å². The SMILES string of the molecule is CCOC(=O)CCC(=O)N[C@@H](CC(=O)O)C(=O)O. The lowest BCUT2D eigenvalue weighted by atomic mass is 10.2. The van der Waals surface area contributed by atoms with Gasteiger partial charge in [0.25, 0.3) is 0 Å². The van der Waals surface area contributed by atoms with Crippen LogP contribution in [0.3, 0.4) is 0 Å². The molecule has 1 amide bonds. The van der Waals surface area contributed by atoms with Crippen molar-refractivity contribution >= 4 is 23.8 Å². The third kappa shape index (κ3) is 7.20. The van der Waals surface area contributed by atoms with E-state index in [2.05, 4.69) is 4.74 Å². The van der Waals surface area contributed by atoms with Crippen molar-refractivity contribution in [2.24, 2.45) is 0 Å². The number of ether oxygens (including phenoxy) is 1. The van der Waals surface area contributed by atoms with Crippen LogP contribution in [0.4, 0.5) is 0 Å². The van der Waals surface area contributed by atoms with Crippen LogP contribution >= 0.6 is 0 Å². The Bertz CT molecular complexity index is 339. The highest BCUT2D eigenvalue weighted by Crippen LogP contribution is 1.97. The normalized spacial score (nSPS) is 11.4. The van der Waals surface area contributed by atoms with Gasteiger partial charge in [-0.3, -0.25) is 14.4 Å². The molecule has 0 spiro atoms. The van der Waals surface area contributed by atoms with Crippen LogP contribution in [0.1, 0.15) is 26.2 Å². The monoisotopic (exact) mass is 261 g/mol. The predicted octanol–water partition coefficient (Wildman–Crippen LogP) is -0.626. The molecule has 0 fully saturated rings. The van der Waals surface area contributed by atoms with E-state index in [1.165, 1.54) is 0 Å². The van der Waals surface area contributed by atoms with Gasteiger partial charge in [-0.15, -0.1) is 0 Å². The van der Waals surface area contributed by atoms with Gasteiger partial charge in [0.05, 0.1) is 19.4 Å². The first-order valence-electron chi connectivity index (χ1n) is 5.26. The van der Waals surface area contributed by atoms with Crippen LogP contribution in [0, 0.1) is 0 Å². The molecule has 0 aromatic rings. The second-order valence-corrected chi connectivity index (χ2v) is 3.36. The zero-order valence-electron chi connectivity index (χ0n) is 9.84. The number of carboxylic acids is 2. The highest BCUT2D eigenvalue weighted by atomic mass is 16.5. The summed E-state index contributed by atoms with van der Waals surface area (Å²) >= 11 is 0. The molecular formula is C10H15NO7. The number of aliphatic carboxylic acids is 2. The fraction of sp³-hybridized carbons (Fsp3) is 0.600. The highest BCUT2D eigenvalue weighted by Gasteiger charge is 2.23. The number of nitrogens with one attached hydrogen (secondary N) is 1. The molecule has 0 aromatic heterocycles. The number of carbonyl (C=O) groups excluding carboxylic acids is 2. The maximum absolute atomic E-state index is 11.3. The molecule has 0 heterocycles. The minimum Gasteiger partial charge on any atom is -0.481 e. The molecule has 1 atom stereocenters. The summed E-state index contributed by atoms with van der Waals surface area (Å²) in [4.78, 5) is 43.2. The summed E-state index contributed by atoms with van der Waals surface area (Å²) < 4.78 is 4.58. The van der Waals surface area contributed by atoms with Crippen molar-refractivity contribution in [1.82, 2.24) is 5.32 Å². The molecule has 0 radical (unpaired) electrons. The van der Waals surface area contributed by atoms with Crippen LogP contribution in [0.15, 0.2) is 0 Å². The molecule has 102 valence electrons. The Morgan fingerprint density at radius 1 is 1.17 bits per heavy atom. The Hall–Kier alpha value is -2.12. The summed E-state index contributed by atoms with van der Waals surface area (Å²) in [6, 6.07) is -1.50. The molecule has 8 heteroatoms. The van der Waals surface area contributed by atoms with E-state index in [4.69, 9.17) is 10.2 Å². The number of hydrogen-bond donors (Lipinski definition) is 3. The molecule has 8 nitrogen and oxygen atoms in total. The van der Waals surface area contributed by atoms with Gasteiger partial charge in [-0.1, -0.05) is 0 Å². The van der Waals surface area contributed by atoms with E-state index >= 15 is 0 Å². The largest absolute Gasteiger partial charge is 0.481 e. The van der Waals surface area contributed by atoms with E-state index in [9.17, 15) is 19.2 Å². The predicted molar refractivity (Wildman–Crippen MR) is 57.7 cm³/mol. The maximum Gasteiger partial charge on any atom is 0.326 e. The second-order valence-electron chi connectivity index (χ2n) is 3.36. The van der Waals surface area contributed by atoms with Crippen LogP contribution in [-0.4, -0.2) is 46.7 Å². The fourth-order valence-electron chi connectivity index (χ4n) is 1.09. The minimum absolute atomic E-state index is 0.181. The summed E-state index contributed by atoms with van der Waals surface area (Å²) in [6.07, 6.45) is -1.15. The molecule has 0 aliphatic rings. The lowest BCUT2D eigenvalue weighted by Crippen LogP contribution is -2.42. The van der Waals surface area contributed by atoms with Crippen LogP contribution in [-0.2, 0) is 23.9 Å². The van der Waals surface area contributed by atoms with E-state index in [1.54, 1.807) is 6.92 Å². The van der Waals surface area contributed by atoms with Gasteiger partial charge >= 0.3 is 17.9 Å². The highest BCUT2D eigenvalue weighted by molar-refractivity contribution is 5.88. The van der Waals surface area contributed by atoms with Crippen LogP contribution in [0.2, 0.25) is 0 Å². The van der Waals surface area contributed by atoms with Gasteiger partial charge in [-0.25, -0.2) is 4.79 Å². The Balaban J connectivity index is 4.14. The van der Waals surface area contributed by atoms with Gasteiger partial charge in [-0.05, 0) is 6.92 Å². The Morgan fingerprint density at radius 2 is 1.78 bits per heavy atom. The van der Waals surface area contributed by atoms with Crippen molar-refractivity contribution in [2.45, 2.75) is 32.2 Å². The van der Waals surface area contributed by atoms with Crippen molar-refractivity contribution in [3.63, 3.8) is 0 Å². The number of carbonyl (C=O) groups is 4. The van der Waals surface area contributed by atoms with Gasteiger partial charge in [0.15, 0.2) is 0 Å². The van der Waals surface area contributed by atoms with Crippen molar-refractivity contribution < 1.29 is 34.1 Å². The molecule has 0 saturated carbocycles. The first kappa shape index (κ1) is 15.9. The first-order chi connectivity index (χ1) is 8.36. The Labute approximate surface area is 103 Å². The fourth-order valence-corrected chi connectivity index (χ4v) is 1.09. The molecule has 0 rings (SSSR count). The van der Waals surface area contributed by atoms with Crippen molar-refractivity contribution in [2.75, 3.05) is 6.61 Å². The van der Waals surface area contributed by atoms with Crippen molar-refractivity contribution in [3.8, 4) is 0 Å².